The second-order valence-corrected chi connectivity index (χ2v) is 5.37. The molecule has 0 atom stereocenters. The lowest BCUT2D eigenvalue weighted by Crippen LogP contribution is -2.05. The van der Waals surface area contributed by atoms with E-state index < -0.39 is 0 Å². The number of pyridine rings is 1. The molecule has 2 aromatic rings. The molecule has 5 heteroatoms. The number of anilines is 1. The molecule has 2 rings (SSSR count). The maximum atomic E-state index is 6.00. The molecule has 2 N–H and O–H groups in total. The predicted octanol–water partition coefficient (Wildman–Crippen LogP) is 3.63. The Morgan fingerprint density at radius 1 is 1.30 bits per heavy atom. The third-order valence-corrected chi connectivity index (χ3v) is 3.80. The number of nitrogens with two attached hydrogens (primary N) is 1. The van der Waals surface area contributed by atoms with Gasteiger partial charge in [0.1, 0.15) is 18.1 Å². The number of methoxy groups -OCH3 is 1. The maximum absolute atomic E-state index is 6.00. The average molecular weight is 337 g/mol. The summed E-state index contributed by atoms with van der Waals surface area (Å²) in [7, 11) is 1.63. The molecule has 0 unspecified atom stereocenters. The number of halogens is 1. The second kappa shape index (κ2) is 6.13. The van der Waals surface area contributed by atoms with Crippen LogP contribution in [0.3, 0.4) is 0 Å². The molecule has 0 saturated carbocycles. The molecule has 106 valence electrons. The van der Waals surface area contributed by atoms with Crippen LogP contribution >= 0.6 is 15.9 Å². The third-order valence-electron chi connectivity index (χ3n) is 3.18. The van der Waals surface area contributed by atoms with E-state index in [2.05, 4.69) is 20.9 Å². The number of ether oxygens (including phenoxy) is 2. The van der Waals surface area contributed by atoms with E-state index in [1.165, 1.54) is 0 Å². The van der Waals surface area contributed by atoms with Gasteiger partial charge >= 0.3 is 0 Å². The highest BCUT2D eigenvalue weighted by atomic mass is 79.9. The molecule has 0 aliphatic rings. The number of aromatic nitrogens is 1. The number of benzene rings is 1. The molecular weight excluding hydrogens is 320 g/mol. The Morgan fingerprint density at radius 2 is 2.05 bits per heavy atom. The fourth-order valence-corrected chi connectivity index (χ4v) is 2.28. The molecule has 1 heterocycles. The largest absolute Gasteiger partial charge is 0.497 e. The van der Waals surface area contributed by atoms with Crippen molar-refractivity contribution in [2.45, 2.75) is 20.5 Å². The lowest BCUT2D eigenvalue weighted by Gasteiger charge is -2.12. The zero-order valence-electron chi connectivity index (χ0n) is 11.7. The van der Waals surface area contributed by atoms with Gasteiger partial charge in [-0.25, -0.2) is 0 Å². The van der Waals surface area contributed by atoms with Gasteiger partial charge < -0.3 is 15.2 Å². The molecule has 0 aliphatic carbocycles. The minimum Gasteiger partial charge on any atom is -0.497 e. The Kier molecular flexibility index (Phi) is 4.49. The van der Waals surface area contributed by atoms with Gasteiger partial charge in [0.05, 0.1) is 17.3 Å². The van der Waals surface area contributed by atoms with E-state index >= 15 is 0 Å². The molecular formula is C15H17BrN2O2. The summed E-state index contributed by atoms with van der Waals surface area (Å²) >= 11 is 3.46. The highest BCUT2D eigenvalue weighted by Crippen LogP contribution is 2.30. The van der Waals surface area contributed by atoms with Gasteiger partial charge in [0.2, 0.25) is 0 Å². The highest BCUT2D eigenvalue weighted by molar-refractivity contribution is 9.10. The number of nitrogen functional groups attached to an aromatic ring is 1. The van der Waals surface area contributed by atoms with Gasteiger partial charge in [0, 0.05) is 11.9 Å². The average Bonchev–Trinajstić information content (AvgIpc) is 2.45. The van der Waals surface area contributed by atoms with Gasteiger partial charge in [-0.15, -0.1) is 0 Å². The highest BCUT2D eigenvalue weighted by Gasteiger charge is 2.08. The quantitative estimate of drug-likeness (QED) is 0.926. The van der Waals surface area contributed by atoms with Gasteiger partial charge in [0.15, 0.2) is 0 Å². The van der Waals surface area contributed by atoms with E-state index in [0.717, 1.165) is 38.5 Å². The fraction of sp³-hybridized carbons (Fsp3) is 0.267. The van der Waals surface area contributed by atoms with Gasteiger partial charge in [-0.2, -0.15) is 0 Å². The first-order valence-electron chi connectivity index (χ1n) is 6.19. The Hall–Kier alpha value is -1.75. The summed E-state index contributed by atoms with van der Waals surface area (Å²) in [5, 5.41) is 0. The van der Waals surface area contributed by atoms with Crippen LogP contribution in [0.2, 0.25) is 0 Å². The first kappa shape index (κ1) is 14.7. The standard InChI is InChI=1S/C15H17BrN2O2/c1-9-7-18-13(10(2)15(9)17)8-20-14-5-4-11(19-3)6-12(14)16/h4-7H,8H2,1-3H3,(H2,17,18). The smallest absolute Gasteiger partial charge is 0.134 e. The molecule has 4 nitrogen and oxygen atoms in total. The number of rotatable bonds is 4. The molecule has 0 fully saturated rings. The molecule has 0 radical (unpaired) electrons. The van der Waals surface area contributed by atoms with Crippen LogP contribution in [0.5, 0.6) is 11.5 Å². The van der Waals surface area contributed by atoms with E-state index in [1.54, 1.807) is 13.3 Å². The van der Waals surface area contributed by atoms with E-state index in [-0.39, 0.29) is 0 Å². The van der Waals surface area contributed by atoms with Crippen molar-refractivity contribution in [1.82, 2.24) is 4.98 Å². The zero-order chi connectivity index (χ0) is 14.7. The van der Waals surface area contributed by atoms with Crippen LogP contribution in [-0.2, 0) is 6.61 Å². The van der Waals surface area contributed by atoms with Crippen LogP contribution in [-0.4, -0.2) is 12.1 Å². The monoisotopic (exact) mass is 336 g/mol. The minimum absolute atomic E-state index is 0.376. The van der Waals surface area contributed by atoms with Crippen molar-refractivity contribution in [3.8, 4) is 11.5 Å². The van der Waals surface area contributed by atoms with Crippen LogP contribution < -0.4 is 15.2 Å². The van der Waals surface area contributed by atoms with E-state index in [9.17, 15) is 0 Å². The van der Waals surface area contributed by atoms with E-state index in [0.29, 0.717) is 6.61 Å². The molecule has 0 amide bonds. The molecule has 0 spiro atoms. The normalized spacial score (nSPS) is 10.4. The van der Waals surface area contributed by atoms with Crippen LogP contribution in [0.25, 0.3) is 0 Å². The van der Waals surface area contributed by atoms with E-state index in [4.69, 9.17) is 15.2 Å². The van der Waals surface area contributed by atoms with Crippen LogP contribution in [0.4, 0.5) is 5.69 Å². The summed E-state index contributed by atoms with van der Waals surface area (Å²) in [4.78, 5) is 4.37. The lowest BCUT2D eigenvalue weighted by molar-refractivity contribution is 0.298. The number of hydrogen-bond donors (Lipinski definition) is 1. The second-order valence-electron chi connectivity index (χ2n) is 4.51. The minimum atomic E-state index is 0.376. The Bertz CT molecular complexity index is 630. The molecule has 0 saturated heterocycles. The Labute approximate surface area is 127 Å². The van der Waals surface area contributed by atoms with Gasteiger partial charge in [-0.05, 0) is 59.1 Å². The SMILES string of the molecule is COc1ccc(OCc2ncc(C)c(N)c2C)c(Br)c1. The number of aryl methyl sites for hydroxylation is 1. The molecule has 0 aliphatic heterocycles. The van der Waals surface area contributed by atoms with Crippen LogP contribution in [0, 0.1) is 13.8 Å². The first-order chi connectivity index (χ1) is 9.52. The van der Waals surface area contributed by atoms with Crippen molar-refractivity contribution < 1.29 is 9.47 Å². The Morgan fingerprint density at radius 3 is 2.70 bits per heavy atom. The summed E-state index contributed by atoms with van der Waals surface area (Å²) in [6.45, 7) is 4.28. The third kappa shape index (κ3) is 3.04. The van der Waals surface area contributed by atoms with Crippen molar-refractivity contribution >= 4 is 21.6 Å². The number of hydrogen-bond acceptors (Lipinski definition) is 4. The van der Waals surface area contributed by atoms with Crippen LogP contribution in [0.1, 0.15) is 16.8 Å². The molecule has 1 aromatic carbocycles. The fourth-order valence-electron chi connectivity index (χ4n) is 1.81. The van der Waals surface area contributed by atoms with Gasteiger partial charge in [-0.3, -0.25) is 4.98 Å². The zero-order valence-corrected chi connectivity index (χ0v) is 13.3. The number of nitrogens with zero attached hydrogens (tertiary/aromatic N) is 1. The van der Waals surface area contributed by atoms with Gasteiger partial charge in [-0.1, -0.05) is 0 Å². The lowest BCUT2D eigenvalue weighted by atomic mass is 10.1. The van der Waals surface area contributed by atoms with Crippen molar-refractivity contribution in [1.29, 1.82) is 0 Å². The molecule has 0 bridgehead atoms. The summed E-state index contributed by atoms with van der Waals surface area (Å²) in [5.41, 5.74) is 9.56. The molecule has 1 aromatic heterocycles. The topological polar surface area (TPSA) is 57.4 Å². The Balaban J connectivity index is 2.15. The van der Waals surface area contributed by atoms with Crippen molar-refractivity contribution in [2.24, 2.45) is 0 Å². The van der Waals surface area contributed by atoms with E-state index in [1.807, 2.05) is 32.0 Å². The summed E-state index contributed by atoms with van der Waals surface area (Å²) < 4.78 is 11.8. The van der Waals surface area contributed by atoms with Crippen LogP contribution in [0.15, 0.2) is 28.9 Å². The maximum Gasteiger partial charge on any atom is 0.134 e. The van der Waals surface area contributed by atoms with Crippen molar-refractivity contribution in [3.63, 3.8) is 0 Å². The van der Waals surface area contributed by atoms with Crippen molar-refractivity contribution in [3.05, 3.63) is 45.7 Å². The predicted molar refractivity (Wildman–Crippen MR) is 83.1 cm³/mol. The molecule has 20 heavy (non-hydrogen) atoms. The van der Waals surface area contributed by atoms with Crippen molar-refractivity contribution in [2.75, 3.05) is 12.8 Å². The summed E-state index contributed by atoms with van der Waals surface area (Å²) in [6.07, 6.45) is 1.77. The summed E-state index contributed by atoms with van der Waals surface area (Å²) in [6, 6.07) is 5.57. The van der Waals surface area contributed by atoms with Gasteiger partial charge in [0.25, 0.3) is 0 Å². The first-order valence-corrected chi connectivity index (χ1v) is 6.99. The summed E-state index contributed by atoms with van der Waals surface area (Å²) in [5.74, 6) is 1.52.